The molecule has 1 nitrogen and oxygen atoms in total. The van der Waals surface area contributed by atoms with E-state index in [1.54, 1.807) is 0 Å². The monoisotopic (exact) mass is 171 g/mol. The van der Waals surface area contributed by atoms with Crippen LogP contribution in [0.2, 0.25) is 0 Å². The summed E-state index contributed by atoms with van der Waals surface area (Å²) in [7, 11) is 2.08. The van der Waals surface area contributed by atoms with E-state index in [4.69, 9.17) is 0 Å². The van der Waals surface area contributed by atoms with Crippen molar-refractivity contribution >= 4 is 0 Å². The van der Waals surface area contributed by atoms with Crippen molar-refractivity contribution in [2.45, 2.75) is 59.4 Å². The molecule has 74 valence electrons. The van der Waals surface area contributed by atoms with Crippen molar-refractivity contribution in [3.05, 3.63) is 0 Å². The number of unbranched alkanes of at least 4 members (excludes halogenated alkanes) is 1. The van der Waals surface area contributed by atoms with Gasteiger partial charge in [-0.15, -0.1) is 0 Å². The molecule has 0 aromatic heterocycles. The number of rotatable bonds is 6. The summed E-state index contributed by atoms with van der Waals surface area (Å²) >= 11 is 0. The third-order valence-corrected chi connectivity index (χ3v) is 3.05. The van der Waals surface area contributed by atoms with Gasteiger partial charge < -0.3 is 5.32 Å². The molecule has 0 fully saturated rings. The standard InChI is InChI=1S/C11H25N/c1-6-8-9-10(12-5)11(3,4)7-2/h10,12H,6-9H2,1-5H3. The summed E-state index contributed by atoms with van der Waals surface area (Å²) < 4.78 is 0. The predicted octanol–water partition coefficient (Wildman–Crippen LogP) is 3.20. The lowest BCUT2D eigenvalue weighted by molar-refractivity contribution is 0.227. The van der Waals surface area contributed by atoms with Gasteiger partial charge in [-0.3, -0.25) is 0 Å². The molecule has 0 radical (unpaired) electrons. The van der Waals surface area contributed by atoms with E-state index in [0.717, 1.165) is 0 Å². The van der Waals surface area contributed by atoms with Gasteiger partial charge in [-0.2, -0.15) is 0 Å². The zero-order valence-electron chi connectivity index (χ0n) is 9.41. The summed E-state index contributed by atoms with van der Waals surface area (Å²) in [6, 6.07) is 0.683. The summed E-state index contributed by atoms with van der Waals surface area (Å²) in [5.74, 6) is 0. The topological polar surface area (TPSA) is 12.0 Å². The molecular formula is C11H25N. The summed E-state index contributed by atoms with van der Waals surface area (Å²) in [6.07, 6.45) is 5.21. The van der Waals surface area contributed by atoms with Crippen molar-refractivity contribution in [2.75, 3.05) is 7.05 Å². The van der Waals surface area contributed by atoms with E-state index in [9.17, 15) is 0 Å². The molecule has 0 saturated carbocycles. The quantitative estimate of drug-likeness (QED) is 0.647. The second-order valence-electron chi connectivity index (χ2n) is 4.33. The number of nitrogens with one attached hydrogen (secondary N) is 1. The van der Waals surface area contributed by atoms with E-state index in [-0.39, 0.29) is 0 Å². The van der Waals surface area contributed by atoms with E-state index in [1.165, 1.54) is 25.7 Å². The van der Waals surface area contributed by atoms with Gasteiger partial charge in [0.1, 0.15) is 0 Å². The Hall–Kier alpha value is -0.0400. The molecule has 12 heavy (non-hydrogen) atoms. The van der Waals surface area contributed by atoms with E-state index >= 15 is 0 Å². The molecule has 0 heterocycles. The second-order valence-corrected chi connectivity index (χ2v) is 4.33. The van der Waals surface area contributed by atoms with Gasteiger partial charge in [0.25, 0.3) is 0 Å². The summed E-state index contributed by atoms with van der Waals surface area (Å²) in [4.78, 5) is 0. The average Bonchev–Trinajstić information content (AvgIpc) is 2.05. The Labute approximate surface area is 77.9 Å². The Morgan fingerprint density at radius 3 is 2.17 bits per heavy atom. The van der Waals surface area contributed by atoms with Gasteiger partial charge in [0.2, 0.25) is 0 Å². The first-order valence-corrected chi connectivity index (χ1v) is 5.25. The number of hydrogen-bond acceptors (Lipinski definition) is 1. The Kier molecular flexibility index (Phi) is 5.56. The molecule has 0 bridgehead atoms. The SMILES string of the molecule is CCCCC(NC)C(C)(C)CC. The summed E-state index contributed by atoms with van der Waals surface area (Å²) in [5.41, 5.74) is 0.448. The molecule has 0 aliphatic rings. The molecule has 0 aliphatic carbocycles. The minimum absolute atomic E-state index is 0.448. The molecule has 0 saturated heterocycles. The zero-order valence-corrected chi connectivity index (χ0v) is 9.41. The van der Waals surface area contributed by atoms with Crippen LogP contribution in [0.15, 0.2) is 0 Å². The molecule has 1 atom stereocenters. The van der Waals surface area contributed by atoms with Crippen LogP contribution in [0.4, 0.5) is 0 Å². The zero-order chi connectivity index (χ0) is 9.61. The van der Waals surface area contributed by atoms with Crippen LogP contribution in [0.25, 0.3) is 0 Å². The first-order chi connectivity index (χ1) is 5.58. The molecule has 0 aromatic carbocycles. The van der Waals surface area contributed by atoms with Gasteiger partial charge in [0, 0.05) is 6.04 Å². The predicted molar refractivity (Wildman–Crippen MR) is 56.4 cm³/mol. The van der Waals surface area contributed by atoms with Crippen molar-refractivity contribution in [3.8, 4) is 0 Å². The van der Waals surface area contributed by atoms with Gasteiger partial charge in [0.15, 0.2) is 0 Å². The van der Waals surface area contributed by atoms with E-state index < -0.39 is 0 Å². The highest BCUT2D eigenvalue weighted by molar-refractivity contribution is 4.81. The molecule has 1 N–H and O–H groups in total. The molecule has 0 aliphatic heterocycles. The molecule has 0 amide bonds. The van der Waals surface area contributed by atoms with Crippen molar-refractivity contribution < 1.29 is 0 Å². The fourth-order valence-corrected chi connectivity index (χ4v) is 1.58. The normalized spacial score (nSPS) is 14.8. The Bertz CT molecular complexity index is 108. The fourth-order valence-electron chi connectivity index (χ4n) is 1.58. The van der Waals surface area contributed by atoms with Crippen LogP contribution in [0.1, 0.15) is 53.4 Å². The lowest BCUT2D eigenvalue weighted by atomic mass is 9.79. The highest BCUT2D eigenvalue weighted by Gasteiger charge is 2.25. The van der Waals surface area contributed by atoms with Gasteiger partial charge >= 0.3 is 0 Å². The van der Waals surface area contributed by atoms with E-state index in [0.29, 0.717) is 11.5 Å². The molecule has 0 spiro atoms. The van der Waals surface area contributed by atoms with Crippen molar-refractivity contribution in [2.24, 2.45) is 5.41 Å². The lowest BCUT2D eigenvalue weighted by Crippen LogP contribution is -2.39. The lowest BCUT2D eigenvalue weighted by Gasteiger charge is -2.33. The molecule has 0 aromatic rings. The largest absolute Gasteiger partial charge is 0.316 e. The maximum atomic E-state index is 3.43. The minimum Gasteiger partial charge on any atom is -0.316 e. The maximum Gasteiger partial charge on any atom is 0.0115 e. The third-order valence-electron chi connectivity index (χ3n) is 3.05. The van der Waals surface area contributed by atoms with Crippen LogP contribution in [0.3, 0.4) is 0 Å². The molecular weight excluding hydrogens is 146 g/mol. The van der Waals surface area contributed by atoms with Gasteiger partial charge in [-0.25, -0.2) is 0 Å². The van der Waals surface area contributed by atoms with Crippen LogP contribution in [-0.4, -0.2) is 13.1 Å². The van der Waals surface area contributed by atoms with Crippen LogP contribution < -0.4 is 5.32 Å². The molecule has 1 unspecified atom stereocenters. The van der Waals surface area contributed by atoms with Gasteiger partial charge in [0.05, 0.1) is 0 Å². The van der Waals surface area contributed by atoms with Crippen molar-refractivity contribution in [1.82, 2.24) is 5.32 Å². The second kappa shape index (κ2) is 5.58. The van der Waals surface area contributed by atoms with Crippen LogP contribution in [-0.2, 0) is 0 Å². The highest BCUT2D eigenvalue weighted by Crippen LogP contribution is 2.27. The van der Waals surface area contributed by atoms with Gasteiger partial charge in [-0.1, -0.05) is 40.5 Å². The van der Waals surface area contributed by atoms with E-state index in [1.807, 2.05) is 0 Å². The molecule has 0 rings (SSSR count). The summed E-state index contributed by atoms with van der Waals surface area (Å²) in [5, 5.41) is 3.43. The highest BCUT2D eigenvalue weighted by atomic mass is 14.9. The van der Waals surface area contributed by atoms with Crippen LogP contribution in [0.5, 0.6) is 0 Å². The minimum atomic E-state index is 0.448. The van der Waals surface area contributed by atoms with Crippen LogP contribution in [0, 0.1) is 5.41 Å². The van der Waals surface area contributed by atoms with E-state index in [2.05, 4.69) is 40.1 Å². The number of hydrogen-bond donors (Lipinski definition) is 1. The maximum absolute atomic E-state index is 3.43. The molecule has 1 heteroatoms. The third kappa shape index (κ3) is 3.57. The Morgan fingerprint density at radius 1 is 1.25 bits per heavy atom. The van der Waals surface area contributed by atoms with Crippen molar-refractivity contribution in [3.63, 3.8) is 0 Å². The summed E-state index contributed by atoms with van der Waals surface area (Å²) in [6.45, 7) is 9.23. The first kappa shape index (κ1) is 12.0. The first-order valence-electron chi connectivity index (χ1n) is 5.25. The smallest absolute Gasteiger partial charge is 0.0115 e. The van der Waals surface area contributed by atoms with Crippen LogP contribution >= 0.6 is 0 Å². The fraction of sp³-hybridized carbons (Fsp3) is 1.00. The Balaban J connectivity index is 3.95. The van der Waals surface area contributed by atoms with Crippen molar-refractivity contribution in [1.29, 1.82) is 0 Å². The average molecular weight is 171 g/mol. The Morgan fingerprint density at radius 2 is 1.83 bits per heavy atom. The van der Waals surface area contributed by atoms with Gasteiger partial charge in [-0.05, 0) is 25.3 Å².